The predicted molar refractivity (Wildman–Crippen MR) is 121 cm³/mol. The molecule has 1 amide bonds. The molecule has 0 spiro atoms. The van der Waals surface area contributed by atoms with Gasteiger partial charge in [-0.15, -0.1) is 24.0 Å². The van der Waals surface area contributed by atoms with E-state index in [4.69, 9.17) is 4.74 Å². The van der Waals surface area contributed by atoms with Crippen LogP contribution in [0.1, 0.15) is 19.8 Å². The Morgan fingerprint density at radius 2 is 2.07 bits per heavy atom. The first-order valence-electron chi connectivity index (χ1n) is 9.43. The van der Waals surface area contributed by atoms with Gasteiger partial charge in [-0.1, -0.05) is 6.07 Å². The second-order valence-corrected chi connectivity index (χ2v) is 6.42. The number of benzene rings is 1. The number of amides is 1. The summed E-state index contributed by atoms with van der Waals surface area (Å²) in [5.74, 6) is 0.298. The van der Waals surface area contributed by atoms with Gasteiger partial charge in [0.1, 0.15) is 12.4 Å². The fourth-order valence-corrected chi connectivity index (χ4v) is 2.97. The van der Waals surface area contributed by atoms with Gasteiger partial charge in [0.05, 0.1) is 6.61 Å². The number of carbonyl (C=O) groups is 1. The number of halogens is 2. The largest absolute Gasteiger partial charge is 0.383 e. The maximum absolute atomic E-state index is 13.4. The van der Waals surface area contributed by atoms with Gasteiger partial charge in [0.25, 0.3) is 0 Å². The number of hydrogen-bond acceptors (Lipinski definition) is 4. The standard InChI is InChI=1S/C19H30FN5O2.HI/c1-3-21-19(23-14-18(26)22-9-12-27-2)24-16-7-10-25(11-8-16)17-6-4-5-15(20)13-17;/h4-6,13,16H,3,7-12,14H2,1-2H3,(H,22,26)(H2,21,23,24);1H. The van der Waals surface area contributed by atoms with E-state index in [1.807, 2.05) is 13.0 Å². The summed E-state index contributed by atoms with van der Waals surface area (Å²) in [6.45, 7) is 5.43. The Morgan fingerprint density at radius 3 is 2.71 bits per heavy atom. The molecule has 1 heterocycles. The topological polar surface area (TPSA) is 78.0 Å². The van der Waals surface area contributed by atoms with Crippen molar-refractivity contribution in [2.24, 2.45) is 4.99 Å². The number of aliphatic imine (C=N–C) groups is 1. The van der Waals surface area contributed by atoms with Crippen molar-refractivity contribution in [1.82, 2.24) is 16.0 Å². The summed E-state index contributed by atoms with van der Waals surface area (Å²) in [5.41, 5.74) is 0.918. The number of hydrogen-bond donors (Lipinski definition) is 3. The molecule has 3 N–H and O–H groups in total. The van der Waals surface area contributed by atoms with Crippen LogP contribution in [0.4, 0.5) is 10.1 Å². The minimum atomic E-state index is -0.210. The average Bonchev–Trinajstić information content (AvgIpc) is 2.67. The van der Waals surface area contributed by atoms with Crippen LogP contribution in [0.3, 0.4) is 0 Å². The van der Waals surface area contributed by atoms with Crippen LogP contribution in [0.2, 0.25) is 0 Å². The lowest BCUT2D eigenvalue weighted by Gasteiger charge is -2.34. The van der Waals surface area contributed by atoms with E-state index >= 15 is 0 Å². The second-order valence-electron chi connectivity index (χ2n) is 6.42. The summed E-state index contributed by atoms with van der Waals surface area (Å²) in [4.78, 5) is 18.3. The van der Waals surface area contributed by atoms with Crippen molar-refractivity contribution in [3.8, 4) is 0 Å². The van der Waals surface area contributed by atoms with Gasteiger partial charge in [0.15, 0.2) is 5.96 Å². The monoisotopic (exact) mass is 507 g/mol. The van der Waals surface area contributed by atoms with Crippen LogP contribution >= 0.6 is 24.0 Å². The first-order valence-corrected chi connectivity index (χ1v) is 9.43. The van der Waals surface area contributed by atoms with Crippen LogP contribution in [0.15, 0.2) is 29.3 Å². The molecule has 1 aliphatic rings. The minimum absolute atomic E-state index is 0. The SMILES string of the molecule is CCNC(=NCC(=O)NCCOC)NC1CCN(c2cccc(F)c2)CC1.I. The highest BCUT2D eigenvalue weighted by molar-refractivity contribution is 14.0. The molecule has 0 atom stereocenters. The lowest BCUT2D eigenvalue weighted by atomic mass is 10.0. The maximum atomic E-state index is 13.4. The van der Waals surface area contributed by atoms with E-state index in [-0.39, 0.29) is 48.3 Å². The van der Waals surface area contributed by atoms with Gasteiger partial charge in [-0.05, 0) is 38.0 Å². The van der Waals surface area contributed by atoms with Crippen molar-refractivity contribution in [3.05, 3.63) is 30.1 Å². The Bertz CT molecular complexity index is 624. The molecule has 0 saturated carbocycles. The van der Waals surface area contributed by atoms with Gasteiger partial charge < -0.3 is 25.6 Å². The van der Waals surface area contributed by atoms with Crippen LogP contribution in [0.25, 0.3) is 0 Å². The lowest BCUT2D eigenvalue weighted by molar-refractivity contribution is -0.119. The number of nitrogens with one attached hydrogen (secondary N) is 3. The first kappa shape index (κ1) is 24.4. The van der Waals surface area contributed by atoms with Crippen LogP contribution in [-0.2, 0) is 9.53 Å². The molecular formula is C19H31FIN5O2. The highest BCUT2D eigenvalue weighted by atomic mass is 127. The normalized spacial score (nSPS) is 15.0. The number of anilines is 1. The second kappa shape index (κ2) is 13.5. The molecule has 2 rings (SSSR count). The fourth-order valence-electron chi connectivity index (χ4n) is 2.97. The van der Waals surface area contributed by atoms with Crippen LogP contribution < -0.4 is 20.9 Å². The third kappa shape index (κ3) is 8.59. The van der Waals surface area contributed by atoms with Gasteiger partial charge >= 0.3 is 0 Å². The third-order valence-corrected chi connectivity index (χ3v) is 4.36. The Morgan fingerprint density at radius 1 is 1.32 bits per heavy atom. The number of guanidine groups is 1. The van der Waals surface area contributed by atoms with E-state index in [1.165, 1.54) is 6.07 Å². The Labute approximate surface area is 183 Å². The summed E-state index contributed by atoms with van der Waals surface area (Å²) in [5, 5.41) is 9.32. The fraction of sp³-hybridized carbons (Fsp3) is 0.579. The molecule has 0 unspecified atom stereocenters. The van der Waals surface area contributed by atoms with Crippen molar-refractivity contribution in [2.75, 3.05) is 51.3 Å². The van der Waals surface area contributed by atoms with Crippen molar-refractivity contribution < 1.29 is 13.9 Å². The third-order valence-electron chi connectivity index (χ3n) is 4.36. The summed E-state index contributed by atoms with van der Waals surface area (Å²) >= 11 is 0. The molecule has 1 aromatic rings. The number of carbonyl (C=O) groups excluding carboxylic acids is 1. The zero-order valence-corrected chi connectivity index (χ0v) is 18.9. The van der Waals surface area contributed by atoms with E-state index in [0.717, 1.165) is 38.2 Å². The highest BCUT2D eigenvalue weighted by Crippen LogP contribution is 2.20. The smallest absolute Gasteiger partial charge is 0.241 e. The first-order chi connectivity index (χ1) is 13.1. The zero-order valence-electron chi connectivity index (χ0n) is 16.5. The summed E-state index contributed by atoms with van der Waals surface area (Å²) in [6.07, 6.45) is 1.84. The van der Waals surface area contributed by atoms with E-state index < -0.39 is 0 Å². The minimum Gasteiger partial charge on any atom is -0.383 e. The molecular weight excluding hydrogens is 476 g/mol. The zero-order chi connectivity index (χ0) is 19.5. The van der Waals surface area contributed by atoms with Crippen molar-refractivity contribution in [3.63, 3.8) is 0 Å². The molecule has 0 aliphatic carbocycles. The summed E-state index contributed by atoms with van der Waals surface area (Å²) in [6, 6.07) is 6.97. The van der Waals surface area contributed by atoms with E-state index in [9.17, 15) is 9.18 Å². The summed E-state index contributed by atoms with van der Waals surface area (Å²) < 4.78 is 18.3. The molecule has 1 saturated heterocycles. The molecule has 1 aliphatic heterocycles. The molecule has 158 valence electrons. The van der Waals surface area contributed by atoms with Gasteiger partial charge in [0.2, 0.25) is 5.91 Å². The highest BCUT2D eigenvalue weighted by Gasteiger charge is 2.20. The lowest BCUT2D eigenvalue weighted by Crippen LogP contribution is -2.49. The van der Waals surface area contributed by atoms with Crippen LogP contribution in [-0.4, -0.2) is 64.3 Å². The van der Waals surface area contributed by atoms with E-state index in [0.29, 0.717) is 19.1 Å². The van der Waals surface area contributed by atoms with Gasteiger partial charge in [0, 0.05) is 45.0 Å². The number of ether oxygens (including phenoxy) is 1. The van der Waals surface area contributed by atoms with E-state index in [1.54, 1.807) is 19.2 Å². The van der Waals surface area contributed by atoms with Gasteiger partial charge in [-0.2, -0.15) is 0 Å². The molecule has 9 heteroatoms. The predicted octanol–water partition coefficient (Wildman–Crippen LogP) is 1.73. The Hall–Kier alpha value is -1.62. The Balaban J connectivity index is 0.00000392. The van der Waals surface area contributed by atoms with Crippen LogP contribution in [0.5, 0.6) is 0 Å². The van der Waals surface area contributed by atoms with Crippen LogP contribution in [0, 0.1) is 5.82 Å². The quantitative estimate of drug-likeness (QED) is 0.216. The number of rotatable bonds is 8. The van der Waals surface area contributed by atoms with Crippen molar-refractivity contribution in [1.29, 1.82) is 0 Å². The van der Waals surface area contributed by atoms with Crippen molar-refractivity contribution in [2.45, 2.75) is 25.8 Å². The van der Waals surface area contributed by atoms with Crippen molar-refractivity contribution >= 4 is 41.5 Å². The van der Waals surface area contributed by atoms with E-state index in [2.05, 4.69) is 25.8 Å². The number of nitrogens with zero attached hydrogens (tertiary/aromatic N) is 2. The molecule has 1 fully saturated rings. The summed E-state index contributed by atoms with van der Waals surface area (Å²) in [7, 11) is 1.59. The number of piperidine rings is 1. The molecule has 1 aromatic carbocycles. The Kier molecular flexibility index (Phi) is 11.8. The maximum Gasteiger partial charge on any atom is 0.241 e. The number of methoxy groups -OCH3 is 1. The van der Waals surface area contributed by atoms with Gasteiger partial charge in [-0.3, -0.25) is 4.79 Å². The molecule has 0 bridgehead atoms. The molecule has 28 heavy (non-hydrogen) atoms. The molecule has 0 radical (unpaired) electrons. The molecule has 7 nitrogen and oxygen atoms in total. The van der Waals surface area contributed by atoms with Gasteiger partial charge in [-0.25, -0.2) is 9.38 Å². The molecule has 0 aromatic heterocycles. The average molecular weight is 507 g/mol.